The molecule has 0 unspecified atom stereocenters. The fourth-order valence-electron chi connectivity index (χ4n) is 3.48. The summed E-state index contributed by atoms with van der Waals surface area (Å²) >= 11 is 5.88. The van der Waals surface area contributed by atoms with E-state index < -0.39 is 0 Å². The average molecular weight is 395 g/mol. The lowest BCUT2D eigenvalue weighted by molar-refractivity contribution is -0.00000582. The van der Waals surface area contributed by atoms with Crippen molar-refractivity contribution in [3.63, 3.8) is 0 Å². The van der Waals surface area contributed by atoms with E-state index in [4.69, 9.17) is 21.1 Å². The Morgan fingerprint density at radius 1 is 1.04 bits per heavy atom. The Bertz CT molecular complexity index is 655. The fourth-order valence-corrected chi connectivity index (χ4v) is 3.61. The first-order valence-electron chi connectivity index (χ1n) is 9.00. The number of benzene rings is 2. The molecule has 5 heteroatoms. The Hall–Kier alpha value is -1.42. The quantitative estimate of drug-likeness (QED) is 0.670. The van der Waals surface area contributed by atoms with E-state index in [9.17, 15) is 0 Å². The number of para-hydroxylation sites is 1. The minimum atomic E-state index is 0. The number of nitrogens with zero attached hydrogens (tertiary/aromatic N) is 1. The summed E-state index contributed by atoms with van der Waals surface area (Å²) in [6, 6.07) is 16.0. The van der Waals surface area contributed by atoms with Crippen LogP contribution in [0.5, 0.6) is 11.5 Å². The van der Waals surface area contributed by atoms with Gasteiger partial charge in [0.2, 0.25) is 0 Å². The van der Waals surface area contributed by atoms with Crippen LogP contribution in [0.15, 0.2) is 48.5 Å². The van der Waals surface area contributed by atoms with Crippen molar-refractivity contribution >= 4 is 11.6 Å². The Morgan fingerprint density at radius 3 is 2.42 bits per heavy atom. The highest BCUT2D eigenvalue weighted by atomic mass is 35.5. The van der Waals surface area contributed by atoms with E-state index in [2.05, 4.69) is 23.1 Å². The van der Waals surface area contributed by atoms with Crippen molar-refractivity contribution in [2.24, 2.45) is 0 Å². The Balaban J connectivity index is 0.00000243. The molecule has 1 saturated heterocycles. The number of piperidine rings is 1. The lowest BCUT2D eigenvalue weighted by atomic mass is 9.89. The molecule has 1 aliphatic heterocycles. The Morgan fingerprint density at radius 2 is 1.73 bits per heavy atom. The standard InChI is InChI=1S/C21H26ClNO2.ClH/c1-24-21-6-3-2-5-20(21)17-11-14-23(15-12-17)13-4-16-25-19-9-7-18(22)8-10-19;/h2-3,5-10,17H,4,11-16H2,1H3;1H/p-1. The smallest absolute Gasteiger partial charge is 0.122 e. The Kier molecular flexibility index (Phi) is 8.56. The molecule has 2 aromatic rings. The number of likely N-dealkylation sites (tertiary alicyclic amines) is 1. The molecule has 2 aromatic carbocycles. The summed E-state index contributed by atoms with van der Waals surface area (Å²) in [7, 11) is 1.76. The molecule has 0 aliphatic carbocycles. The zero-order valence-corrected chi connectivity index (χ0v) is 16.7. The molecule has 3 rings (SSSR count). The van der Waals surface area contributed by atoms with Gasteiger partial charge in [0.15, 0.2) is 0 Å². The van der Waals surface area contributed by atoms with Gasteiger partial charge in [0.05, 0.1) is 13.7 Å². The molecule has 0 radical (unpaired) electrons. The van der Waals surface area contributed by atoms with Crippen molar-refractivity contribution in [2.75, 3.05) is 33.4 Å². The van der Waals surface area contributed by atoms with Gasteiger partial charge in [-0.25, -0.2) is 0 Å². The van der Waals surface area contributed by atoms with Crippen molar-refractivity contribution in [3.05, 3.63) is 59.1 Å². The molecule has 0 aromatic heterocycles. The monoisotopic (exact) mass is 394 g/mol. The molecule has 0 atom stereocenters. The van der Waals surface area contributed by atoms with Crippen LogP contribution in [0.25, 0.3) is 0 Å². The predicted molar refractivity (Wildman–Crippen MR) is 103 cm³/mol. The Labute approximate surface area is 167 Å². The normalized spacial score (nSPS) is 15.3. The summed E-state index contributed by atoms with van der Waals surface area (Å²) < 4.78 is 11.3. The second-order valence-electron chi connectivity index (χ2n) is 6.51. The topological polar surface area (TPSA) is 21.7 Å². The first-order chi connectivity index (χ1) is 12.3. The third-order valence-electron chi connectivity index (χ3n) is 4.87. The summed E-state index contributed by atoms with van der Waals surface area (Å²) in [6.45, 7) is 4.12. The summed E-state index contributed by atoms with van der Waals surface area (Å²) in [6.07, 6.45) is 3.43. The van der Waals surface area contributed by atoms with Crippen LogP contribution in [-0.4, -0.2) is 38.3 Å². The molecule has 1 fully saturated rings. The van der Waals surface area contributed by atoms with Crippen LogP contribution in [0.1, 0.15) is 30.7 Å². The summed E-state index contributed by atoms with van der Waals surface area (Å²) in [5.41, 5.74) is 1.36. The molecule has 1 aliphatic rings. The van der Waals surface area contributed by atoms with Crippen molar-refractivity contribution in [1.82, 2.24) is 4.90 Å². The third-order valence-corrected chi connectivity index (χ3v) is 5.12. The van der Waals surface area contributed by atoms with Gasteiger partial charge in [0.1, 0.15) is 11.5 Å². The van der Waals surface area contributed by atoms with Crippen LogP contribution in [0.4, 0.5) is 0 Å². The van der Waals surface area contributed by atoms with Crippen LogP contribution >= 0.6 is 11.6 Å². The van der Waals surface area contributed by atoms with Crippen molar-refractivity contribution in [1.29, 1.82) is 0 Å². The molecule has 0 spiro atoms. The van der Waals surface area contributed by atoms with E-state index in [1.807, 2.05) is 30.3 Å². The van der Waals surface area contributed by atoms with Crippen LogP contribution < -0.4 is 21.9 Å². The first-order valence-corrected chi connectivity index (χ1v) is 9.37. The van der Waals surface area contributed by atoms with Crippen LogP contribution in [0, 0.1) is 0 Å². The maximum absolute atomic E-state index is 5.88. The highest BCUT2D eigenvalue weighted by molar-refractivity contribution is 6.30. The minimum absolute atomic E-state index is 0. The van der Waals surface area contributed by atoms with Gasteiger partial charge in [-0.3, -0.25) is 0 Å². The van der Waals surface area contributed by atoms with Crippen molar-refractivity contribution in [3.8, 4) is 11.5 Å². The first kappa shape index (κ1) is 20.9. The molecule has 0 saturated carbocycles. The number of hydrogen-bond acceptors (Lipinski definition) is 3. The van der Waals surface area contributed by atoms with E-state index >= 15 is 0 Å². The summed E-state index contributed by atoms with van der Waals surface area (Å²) in [4.78, 5) is 2.54. The van der Waals surface area contributed by atoms with Crippen LogP contribution in [-0.2, 0) is 0 Å². The maximum Gasteiger partial charge on any atom is 0.122 e. The number of methoxy groups -OCH3 is 1. The predicted octanol–water partition coefficient (Wildman–Crippen LogP) is 2.00. The number of hydrogen-bond donors (Lipinski definition) is 0. The van der Waals surface area contributed by atoms with Gasteiger partial charge in [0.25, 0.3) is 0 Å². The van der Waals surface area contributed by atoms with Crippen molar-refractivity contribution in [2.45, 2.75) is 25.2 Å². The lowest BCUT2D eigenvalue weighted by Crippen LogP contribution is -3.00. The second-order valence-corrected chi connectivity index (χ2v) is 6.95. The zero-order valence-electron chi connectivity index (χ0n) is 15.2. The largest absolute Gasteiger partial charge is 1.00 e. The van der Waals surface area contributed by atoms with Gasteiger partial charge in [0, 0.05) is 11.6 Å². The highest BCUT2D eigenvalue weighted by Crippen LogP contribution is 2.33. The molecular formula is C21H26Cl2NO2-. The molecule has 3 nitrogen and oxygen atoms in total. The molecule has 26 heavy (non-hydrogen) atoms. The van der Waals surface area contributed by atoms with E-state index in [1.54, 1.807) is 7.11 Å². The molecule has 1 heterocycles. The number of rotatable bonds is 7. The van der Waals surface area contributed by atoms with Gasteiger partial charge in [-0.1, -0.05) is 29.8 Å². The summed E-state index contributed by atoms with van der Waals surface area (Å²) in [5, 5.41) is 0.741. The summed E-state index contributed by atoms with van der Waals surface area (Å²) in [5.74, 6) is 2.52. The maximum atomic E-state index is 5.88. The van der Waals surface area contributed by atoms with Gasteiger partial charge in [-0.2, -0.15) is 0 Å². The van der Waals surface area contributed by atoms with Gasteiger partial charge in [-0.05, 0) is 74.2 Å². The lowest BCUT2D eigenvalue weighted by Gasteiger charge is -2.32. The fraction of sp³-hybridized carbons (Fsp3) is 0.429. The van der Waals surface area contributed by atoms with E-state index in [0.29, 0.717) is 5.92 Å². The average Bonchev–Trinajstić information content (AvgIpc) is 2.67. The molecule has 142 valence electrons. The van der Waals surface area contributed by atoms with Crippen molar-refractivity contribution < 1.29 is 21.9 Å². The van der Waals surface area contributed by atoms with Crippen LogP contribution in [0.3, 0.4) is 0 Å². The van der Waals surface area contributed by atoms with E-state index in [1.165, 1.54) is 18.4 Å². The third kappa shape index (κ3) is 5.80. The van der Waals surface area contributed by atoms with Gasteiger partial charge >= 0.3 is 0 Å². The van der Waals surface area contributed by atoms with Gasteiger partial charge in [-0.15, -0.1) is 0 Å². The van der Waals surface area contributed by atoms with Gasteiger partial charge < -0.3 is 26.8 Å². The molecule has 0 N–H and O–H groups in total. The second kappa shape index (κ2) is 10.7. The SMILES string of the molecule is COc1ccccc1C1CCN(CCCOc2ccc(Cl)cc2)CC1.[Cl-]. The van der Waals surface area contributed by atoms with Crippen LogP contribution in [0.2, 0.25) is 5.02 Å². The molecular weight excluding hydrogens is 369 g/mol. The number of ether oxygens (including phenoxy) is 2. The molecule has 0 bridgehead atoms. The van der Waals surface area contributed by atoms with E-state index in [-0.39, 0.29) is 12.4 Å². The minimum Gasteiger partial charge on any atom is -1.00 e. The highest BCUT2D eigenvalue weighted by Gasteiger charge is 2.22. The molecule has 0 amide bonds. The van der Waals surface area contributed by atoms with E-state index in [0.717, 1.165) is 49.2 Å². The number of halogens is 2. The zero-order chi connectivity index (χ0) is 17.5.